The van der Waals surface area contributed by atoms with Gasteiger partial charge in [0.25, 0.3) is 0 Å². The van der Waals surface area contributed by atoms with Crippen molar-refractivity contribution in [1.29, 1.82) is 0 Å². The fourth-order valence-corrected chi connectivity index (χ4v) is 13.8. The summed E-state index contributed by atoms with van der Waals surface area (Å²) in [6.45, 7) is 23.7. The molecular formula is C42H62N2O2. The van der Waals surface area contributed by atoms with Crippen LogP contribution in [0.15, 0.2) is 42.5 Å². The number of allylic oxidation sites excluding steroid dienone is 3. The molecular weight excluding hydrogens is 564 g/mol. The van der Waals surface area contributed by atoms with E-state index >= 15 is 0 Å². The largest absolute Gasteiger partial charge is 0.478 e. The third kappa shape index (κ3) is 4.69. The molecule has 5 aliphatic carbocycles. The number of piperidine rings is 1. The number of nitrogens with one attached hydrogen (secondary N) is 2. The zero-order valence-corrected chi connectivity index (χ0v) is 29.8. The van der Waals surface area contributed by atoms with Crippen LogP contribution in [0, 0.1) is 57.2 Å². The van der Waals surface area contributed by atoms with Gasteiger partial charge in [-0.05, 0) is 178 Å². The topological polar surface area (TPSA) is 61.4 Å². The van der Waals surface area contributed by atoms with Gasteiger partial charge in [0, 0.05) is 5.54 Å². The van der Waals surface area contributed by atoms with Gasteiger partial charge < -0.3 is 15.7 Å². The van der Waals surface area contributed by atoms with E-state index in [-0.39, 0.29) is 16.4 Å². The van der Waals surface area contributed by atoms with Gasteiger partial charge in [-0.3, -0.25) is 0 Å². The lowest BCUT2D eigenvalue weighted by atomic mass is 9.33. The maximum atomic E-state index is 11.5. The van der Waals surface area contributed by atoms with Gasteiger partial charge in [-0.25, -0.2) is 4.79 Å². The Morgan fingerprint density at radius 3 is 2.37 bits per heavy atom. The van der Waals surface area contributed by atoms with Crippen LogP contribution in [0.25, 0.3) is 5.57 Å². The van der Waals surface area contributed by atoms with Gasteiger partial charge in [0.1, 0.15) is 0 Å². The fourth-order valence-electron chi connectivity index (χ4n) is 13.8. The van der Waals surface area contributed by atoms with Crippen molar-refractivity contribution in [3.63, 3.8) is 0 Å². The van der Waals surface area contributed by atoms with Gasteiger partial charge in [0.2, 0.25) is 0 Å². The smallest absolute Gasteiger partial charge is 0.335 e. The summed E-state index contributed by atoms with van der Waals surface area (Å²) in [4.78, 5) is 11.5. The summed E-state index contributed by atoms with van der Waals surface area (Å²) in [6, 6.07) is 7.67. The summed E-state index contributed by atoms with van der Waals surface area (Å²) < 4.78 is 0. The molecule has 46 heavy (non-hydrogen) atoms. The third-order valence-corrected chi connectivity index (χ3v) is 16.2. The molecule has 1 aromatic carbocycles. The Morgan fingerprint density at radius 1 is 0.935 bits per heavy atom. The van der Waals surface area contributed by atoms with Crippen LogP contribution in [0.5, 0.6) is 0 Å². The molecule has 0 amide bonds. The normalized spacial score (nSPS) is 44.6. The summed E-state index contributed by atoms with van der Waals surface area (Å²) in [7, 11) is 0. The lowest BCUT2D eigenvalue weighted by Crippen LogP contribution is -2.68. The van der Waals surface area contributed by atoms with Crippen LogP contribution in [-0.2, 0) is 0 Å². The van der Waals surface area contributed by atoms with E-state index in [0.29, 0.717) is 34.1 Å². The second-order valence-corrected chi connectivity index (χ2v) is 18.4. The highest BCUT2D eigenvalue weighted by Crippen LogP contribution is 2.76. The summed E-state index contributed by atoms with van der Waals surface area (Å²) in [5.41, 5.74) is 5.74. The van der Waals surface area contributed by atoms with E-state index in [4.69, 9.17) is 0 Å². The number of benzene rings is 1. The van der Waals surface area contributed by atoms with Crippen LogP contribution in [0.3, 0.4) is 0 Å². The van der Waals surface area contributed by atoms with Crippen molar-refractivity contribution >= 4 is 11.5 Å². The number of fused-ring (bicyclic) bond motifs is 7. The molecule has 3 N–H and O–H groups in total. The first-order valence-corrected chi connectivity index (χ1v) is 18.9. The number of hydrogen-bond acceptors (Lipinski definition) is 3. The highest BCUT2D eigenvalue weighted by molar-refractivity contribution is 5.88. The number of carboxylic acid groups (broad SMARTS) is 1. The number of hydrogen-bond donors (Lipinski definition) is 3. The average molecular weight is 627 g/mol. The van der Waals surface area contributed by atoms with E-state index < -0.39 is 5.97 Å². The maximum absolute atomic E-state index is 11.5. The zero-order valence-electron chi connectivity index (χ0n) is 29.8. The van der Waals surface area contributed by atoms with E-state index in [1.807, 2.05) is 12.1 Å². The van der Waals surface area contributed by atoms with E-state index in [9.17, 15) is 9.90 Å². The molecule has 1 heterocycles. The van der Waals surface area contributed by atoms with Crippen LogP contribution in [0.2, 0.25) is 0 Å². The average Bonchev–Trinajstić information content (AvgIpc) is 3.41. The third-order valence-electron chi connectivity index (χ3n) is 16.2. The Morgan fingerprint density at radius 2 is 1.70 bits per heavy atom. The Bertz CT molecular complexity index is 1390. The number of aromatic carboxylic acids is 1. The predicted molar refractivity (Wildman–Crippen MR) is 190 cm³/mol. The van der Waals surface area contributed by atoms with E-state index in [0.717, 1.165) is 24.2 Å². The van der Waals surface area contributed by atoms with Crippen LogP contribution in [0.1, 0.15) is 128 Å². The lowest BCUT2D eigenvalue weighted by Gasteiger charge is -2.72. The van der Waals surface area contributed by atoms with Crippen molar-refractivity contribution in [2.24, 2.45) is 57.2 Å². The molecule has 4 saturated carbocycles. The van der Waals surface area contributed by atoms with Crippen molar-refractivity contribution in [2.75, 3.05) is 19.6 Å². The monoisotopic (exact) mass is 626 g/mol. The van der Waals surface area contributed by atoms with Crippen molar-refractivity contribution in [3.05, 3.63) is 53.6 Å². The first kappa shape index (κ1) is 32.6. The predicted octanol–water partition coefficient (Wildman–Crippen LogP) is 9.38. The summed E-state index contributed by atoms with van der Waals surface area (Å²) >= 11 is 0. The lowest BCUT2D eigenvalue weighted by molar-refractivity contribution is -0.219. The zero-order chi connectivity index (χ0) is 32.7. The molecule has 1 aromatic rings. The fraction of sp³-hybridized carbons (Fsp3) is 0.738. The van der Waals surface area contributed by atoms with Crippen LogP contribution in [0.4, 0.5) is 0 Å². The SMILES string of the molecule is C=C(C)C1CCC2(NCC3CCCNC3)CCC3(C)C(CCC4C5(C)CC=C(c6ccc(C(=O)O)cc6)C(C)(C)C5CCC43C)C12. The van der Waals surface area contributed by atoms with Crippen LogP contribution in [-0.4, -0.2) is 36.2 Å². The molecule has 0 spiro atoms. The van der Waals surface area contributed by atoms with Gasteiger partial charge >= 0.3 is 5.97 Å². The molecule has 1 saturated heterocycles. The van der Waals surface area contributed by atoms with Crippen LogP contribution < -0.4 is 10.6 Å². The van der Waals surface area contributed by atoms with Gasteiger partial charge in [-0.15, -0.1) is 0 Å². The minimum absolute atomic E-state index is 0.0486. The highest BCUT2D eigenvalue weighted by Gasteiger charge is 2.70. The molecule has 252 valence electrons. The summed E-state index contributed by atoms with van der Waals surface area (Å²) in [5.74, 6) is 3.40. The minimum atomic E-state index is -0.851. The Hall–Kier alpha value is -1.91. The first-order valence-electron chi connectivity index (χ1n) is 18.9. The first-order chi connectivity index (χ1) is 21.8. The molecule has 1 aliphatic heterocycles. The molecule has 5 fully saturated rings. The summed E-state index contributed by atoms with van der Waals surface area (Å²) in [5, 5.41) is 17.5. The molecule has 7 rings (SSSR count). The molecule has 10 unspecified atom stereocenters. The Kier molecular flexibility index (Phi) is 8.04. The molecule has 0 bridgehead atoms. The number of carbonyl (C=O) groups is 1. The maximum Gasteiger partial charge on any atom is 0.335 e. The van der Waals surface area contributed by atoms with Gasteiger partial charge in [0.15, 0.2) is 0 Å². The van der Waals surface area contributed by atoms with E-state index in [2.05, 4.69) is 64.8 Å². The van der Waals surface area contributed by atoms with Gasteiger partial charge in [0.05, 0.1) is 5.56 Å². The molecule has 10 atom stereocenters. The number of rotatable bonds is 6. The molecule has 6 aliphatic rings. The van der Waals surface area contributed by atoms with Gasteiger partial charge in [-0.2, -0.15) is 0 Å². The summed E-state index contributed by atoms with van der Waals surface area (Å²) in [6.07, 6.45) is 17.1. The highest BCUT2D eigenvalue weighted by atomic mass is 16.4. The molecule has 0 radical (unpaired) electrons. The van der Waals surface area contributed by atoms with Crippen LogP contribution >= 0.6 is 0 Å². The van der Waals surface area contributed by atoms with E-state index in [1.54, 1.807) is 12.1 Å². The van der Waals surface area contributed by atoms with Crippen molar-refractivity contribution < 1.29 is 9.90 Å². The van der Waals surface area contributed by atoms with Gasteiger partial charge in [-0.1, -0.05) is 65.0 Å². The van der Waals surface area contributed by atoms with Crippen molar-refractivity contribution in [2.45, 2.75) is 118 Å². The molecule has 4 nitrogen and oxygen atoms in total. The van der Waals surface area contributed by atoms with Crippen molar-refractivity contribution in [3.8, 4) is 0 Å². The van der Waals surface area contributed by atoms with E-state index in [1.165, 1.54) is 101 Å². The Balaban J connectivity index is 1.19. The quantitative estimate of drug-likeness (QED) is 0.275. The molecule has 4 heteroatoms. The molecule has 0 aromatic heterocycles. The second kappa shape index (κ2) is 11.3. The standard InChI is InChI=1S/C42H62N2O2/c1-27(2)31-16-21-42(44-26-28-9-8-24-43-25-28)23-22-40(6)33(36(31)42)14-15-35-39(5)19-17-32(29-10-12-30(13-11-29)37(45)46)38(3,4)34(39)18-20-41(35,40)7/h10-13,17,28,31,33-36,43-44H,1,8-9,14-16,18-26H2,2-7H3,(H,45,46). The van der Waals surface area contributed by atoms with Crippen molar-refractivity contribution in [1.82, 2.24) is 10.6 Å². The number of carboxylic acids is 1. The second-order valence-electron chi connectivity index (χ2n) is 18.4. The minimum Gasteiger partial charge on any atom is -0.478 e. The Labute approximate surface area is 279 Å².